The molecular formula is C28H53N9O9. The second-order valence-electron chi connectivity index (χ2n) is 13.3. The topological polar surface area (TPSA) is 324 Å². The molecule has 0 spiro atoms. The highest BCUT2D eigenvalue weighted by Gasteiger charge is 2.55. The van der Waals surface area contributed by atoms with Gasteiger partial charge in [-0.15, -0.1) is 0 Å². The summed E-state index contributed by atoms with van der Waals surface area (Å²) in [6, 6.07) is -3.91. The first-order chi connectivity index (χ1) is 21.6. The number of likely N-dealkylation sites (N-methyl/N-ethyl adjacent to an activating group) is 1. The Bertz CT molecular complexity index is 1100. The molecular weight excluding hydrogens is 606 g/mol. The first kappa shape index (κ1) is 36.6. The van der Waals surface area contributed by atoms with E-state index in [0.29, 0.717) is 25.3 Å². The zero-order valence-corrected chi connectivity index (χ0v) is 26.4. The standard InChI is InChI=1S/C28H53N9O9/c1-27(42)11-44-24(20(40)23(27)34-2)46-22-17(37-25(41)28(43)6-13(7-28)36-26(32)33)5-16(31)18(19(22)39)21-15(30)4-3-14(45-21)9-35-8-12(29)10-38/h3,12-13,15-24,34-35,38-40,42-43H,4-11,29-31H2,1-2H3,(H,37,41)(H4,32,33,36). The van der Waals surface area contributed by atoms with Gasteiger partial charge < -0.3 is 84.4 Å². The van der Waals surface area contributed by atoms with E-state index in [9.17, 15) is 30.3 Å². The number of aliphatic imine (C=N–C) groups is 1. The van der Waals surface area contributed by atoms with Gasteiger partial charge in [0.1, 0.15) is 35.3 Å². The van der Waals surface area contributed by atoms with Gasteiger partial charge in [-0.2, -0.15) is 0 Å². The summed E-state index contributed by atoms with van der Waals surface area (Å²) in [5, 5.41) is 62.6. The van der Waals surface area contributed by atoms with Crippen molar-refractivity contribution < 1.29 is 44.5 Å². The molecule has 2 aliphatic carbocycles. The molecule has 12 atom stereocenters. The Hall–Kier alpha value is -2.20. The van der Waals surface area contributed by atoms with Gasteiger partial charge in [0, 0.05) is 43.4 Å². The summed E-state index contributed by atoms with van der Waals surface area (Å²) in [4.78, 5) is 17.3. The van der Waals surface area contributed by atoms with Crippen molar-refractivity contribution in [2.24, 2.45) is 39.6 Å². The van der Waals surface area contributed by atoms with E-state index in [4.69, 9.17) is 42.9 Å². The summed E-state index contributed by atoms with van der Waals surface area (Å²) in [6.07, 6.45) is -3.64. The molecule has 2 saturated carbocycles. The summed E-state index contributed by atoms with van der Waals surface area (Å²) in [7, 11) is 1.58. The molecule has 0 bridgehead atoms. The van der Waals surface area contributed by atoms with Crippen molar-refractivity contribution >= 4 is 11.9 Å². The van der Waals surface area contributed by atoms with E-state index in [1.807, 2.05) is 6.08 Å². The average molecular weight is 660 g/mol. The second kappa shape index (κ2) is 14.9. The summed E-state index contributed by atoms with van der Waals surface area (Å²) in [6.45, 7) is 1.80. The molecule has 1 amide bonds. The van der Waals surface area contributed by atoms with Gasteiger partial charge in [-0.1, -0.05) is 0 Å². The predicted molar refractivity (Wildman–Crippen MR) is 165 cm³/mol. The van der Waals surface area contributed by atoms with Crippen LogP contribution in [0.3, 0.4) is 0 Å². The minimum atomic E-state index is -1.75. The lowest BCUT2D eigenvalue weighted by atomic mass is 9.71. The number of nitrogens with one attached hydrogen (secondary N) is 3. The molecule has 2 heterocycles. The number of amides is 1. The van der Waals surface area contributed by atoms with Crippen LogP contribution in [-0.2, 0) is 19.0 Å². The molecule has 0 aromatic rings. The number of aliphatic hydroxyl groups excluding tert-OH is 3. The first-order valence-electron chi connectivity index (χ1n) is 15.7. The number of nitrogens with zero attached hydrogens (tertiary/aromatic N) is 1. The molecule has 18 heteroatoms. The average Bonchev–Trinajstić information content (AvgIpc) is 2.96. The van der Waals surface area contributed by atoms with Crippen LogP contribution in [0, 0.1) is 5.92 Å². The van der Waals surface area contributed by atoms with Crippen LogP contribution in [0.4, 0.5) is 0 Å². The van der Waals surface area contributed by atoms with Crippen LogP contribution >= 0.6 is 0 Å². The third-order valence-electron chi connectivity index (χ3n) is 9.44. The monoisotopic (exact) mass is 659 g/mol. The van der Waals surface area contributed by atoms with Gasteiger partial charge >= 0.3 is 0 Å². The van der Waals surface area contributed by atoms with Crippen LogP contribution in [0.2, 0.25) is 0 Å². The Morgan fingerprint density at radius 3 is 2.52 bits per heavy atom. The Balaban J connectivity index is 1.54. The van der Waals surface area contributed by atoms with Crippen molar-refractivity contribution in [2.75, 3.05) is 33.4 Å². The quantitative estimate of drug-likeness (QED) is 0.0684. The number of carbonyl (C=O) groups excluding carboxylic acids is 1. The zero-order valence-electron chi connectivity index (χ0n) is 26.4. The third kappa shape index (κ3) is 8.08. The molecule has 4 rings (SSSR count). The molecule has 1 saturated heterocycles. The summed E-state index contributed by atoms with van der Waals surface area (Å²) >= 11 is 0. The molecule has 0 radical (unpaired) electrons. The van der Waals surface area contributed by atoms with Crippen molar-refractivity contribution in [1.29, 1.82) is 0 Å². The summed E-state index contributed by atoms with van der Waals surface area (Å²) in [5.74, 6) is -1.07. The van der Waals surface area contributed by atoms with Gasteiger partial charge in [-0.05, 0) is 32.9 Å². The number of guanidine groups is 1. The Morgan fingerprint density at radius 1 is 1.20 bits per heavy atom. The minimum Gasteiger partial charge on any atom is -0.492 e. The molecule has 18 N–H and O–H groups in total. The van der Waals surface area contributed by atoms with Crippen LogP contribution in [0.25, 0.3) is 0 Å². The molecule has 3 fully saturated rings. The number of hydrogen-bond acceptors (Lipinski definition) is 15. The molecule has 4 aliphatic rings. The van der Waals surface area contributed by atoms with E-state index in [1.54, 1.807) is 7.05 Å². The maximum atomic E-state index is 13.3. The molecule has 2 aliphatic heterocycles. The fourth-order valence-corrected chi connectivity index (χ4v) is 6.91. The minimum absolute atomic E-state index is 0.00723. The van der Waals surface area contributed by atoms with E-state index in [1.165, 1.54) is 6.92 Å². The van der Waals surface area contributed by atoms with E-state index < -0.39 is 90.0 Å². The van der Waals surface area contributed by atoms with Gasteiger partial charge in [-0.25, -0.2) is 0 Å². The molecule has 0 aromatic heterocycles. The molecule has 0 aromatic carbocycles. The Kier molecular flexibility index (Phi) is 11.9. The maximum absolute atomic E-state index is 13.3. The predicted octanol–water partition coefficient (Wildman–Crippen LogP) is -6.30. The number of nitrogens with two attached hydrogens (primary N) is 5. The molecule has 12 unspecified atom stereocenters. The number of ether oxygens (including phenoxy) is 3. The van der Waals surface area contributed by atoms with Gasteiger partial charge in [0.2, 0.25) is 0 Å². The highest BCUT2D eigenvalue weighted by Crippen LogP contribution is 2.38. The van der Waals surface area contributed by atoms with E-state index in [2.05, 4.69) is 20.9 Å². The maximum Gasteiger partial charge on any atom is 0.252 e. The Labute approximate surface area is 268 Å². The SMILES string of the molecule is CNC1C(O)C(OC2C(NC(=O)C3(O)CC(N=C(N)N)C3)CC(N)C(C3OC(CNCC(N)CO)=CCC3N)C2O)OCC1(C)O. The van der Waals surface area contributed by atoms with Gasteiger partial charge in [0.05, 0.1) is 44.0 Å². The highest BCUT2D eigenvalue weighted by molar-refractivity contribution is 5.87. The van der Waals surface area contributed by atoms with Crippen LogP contribution in [-0.4, -0.2) is 149 Å². The van der Waals surface area contributed by atoms with Crippen molar-refractivity contribution in [1.82, 2.24) is 16.0 Å². The smallest absolute Gasteiger partial charge is 0.252 e. The number of rotatable bonds is 12. The second-order valence-corrected chi connectivity index (χ2v) is 13.3. The van der Waals surface area contributed by atoms with Crippen LogP contribution in [0.5, 0.6) is 0 Å². The zero-order chi connectivity index (χ0) is 34.0. The number of aliphatic hydroxyl groups is 5. The van der Waals surface area contributed by atoms with Crippen LogP contribution in [0.15, 0.2) is 16.8 Å². The first-order valence-corrected chi connectivity index (χ1v) is 15.7. The third-order valence-corrected chi connectivity index (χ3v) is 9.44. The van der Waals surface area contributed by atoms with E-state index in [0.717, 1.165) is 0 Å². The normalized spacial score (nSPS) is 43.4. The highest BCUT2D eigenvalue weighted by atomic mass is 16.7. The van der Waals surface area contributed by atoms with Crippen molar-refractivity contribution in [2.45, 2.75) is 111 Å². The fraction of sp³-hybridized carbons (Fsp3) is 0.857. The van der Waals surface area contributed by atoms with Gasteiger partial charge in [0.15, 0.2) is 12.2 Å². The van der Waals surface area contributed by atoms with Crippen LogP contribution < -0.4 is 44.6 Å². The molecule has 46 heavy (non-hydrogen) atoms. The van der Waals surface area contributed by atoms with Gasteiger partial charge in [0.25, 0.3) is 5.91 Å². The van der Waals surface area contributed by atoms with Crippen molar-refractivity contribution in [3.8, 4) is 0 Å². The van der Waals surface area contributed by atoms with E-state index >= 15 is 0 Å². The largest absolute Gasteiger partial charge is 0.492 e. The molecule has 18 nitrogen and oxygen atoms in total. The van der Waals surface area contributed by atoms with E-state index in [-0.39, 0.29) is 38.4 Å². The lowest BCUT2D eigenvalue weighted by molar-refractivity contribution is -0.297. The fourth-order valence-electron chi connectivity index (χ4n) is 6.91. The van der Waals surface area contributed by atoms with Crippen molar-refractivity contribution in [3.63, 3.8) is 0 Å². The number of carbonyl (C=O) groups is 1. The van der Waals surface area contributed by atoms with Crippen LogP contribution in [0.1, 0.15) is 32.6 Å². The van der Waals surface area contributed by atoms with Crippen molar-refractivity contribution in [3.05, 3.63) is 11.8 Å². The Morgan fingerprint density at radius 2 is 1.89 bits per heavy atom. The lowest BCUT2D eigenvalue weighted by Crippen LogP contribution is -2.70. The summed E-state index contributed by atoms with van der Waals surface area (Å²) < 4.78 is 18.2. The molecule has 264 valence electrons. The summed E-state index contributed by atoms with van der Waals surface area (Å²) in [5.41, 5.74) is 26.6. The van der Waals surface area contributed by atoms with Gasteiger partial charge in [-0.3, -0.25) is 9.79 Å². The number of hydrogen-bond donors (Lipinski definition) is 13. The lowest BCUT2D eigenvalue weighted by Gasteiger charge is -2.51.